The van der Waals surface area contributed by atoms with Gasteiger partial charge in [-0.05, 0) is 50.3 Å². The SMILES string of the molecule is Cc1c(Br)ccc2c3oc(CNC(=O)C4(NC(=O)O)CC4)nc3c(=O)n(C3CC3)c12. The van der Waals surface area contributed by atoms with Gasteiger partial charge in [-0.25, -0.2) is 9.78 Å². The summed E-state index contributed by atoms with van der Waals surface area (Å²) in [4.78, 5) is 40.8. The molecule has 2 heterocycles. The Kier molecular flexibility index (Phi) is 4.18. The molecule has 0 atom stereocenters. The summed E-state index contributed by atoms with van der Waals surface area (Å²) in [5.74, 6) is -0.218. The number of hydrogen-bond donors (Lipinski definition) is 3. The van der Waals surface area contributed by atoms with Crippen LogP contribution in [0.5, 0.6) is 0 Å². The van der Waals surface area contributed by atoms with Gasteiger partial charge in [0.05, 0.1) is 12.1 Å². The number of carboxylic acid groups (broad SMARTS) is 1. The fourth-order valence-electron chi connectivity index (χ4n) is 3.90. The first-order valence-corrected chi connectivity index (χ1v) is 10.5. The lowest BCUT2D eigenvalue weighted by molar-refractivity contribution is -0.124. The Bertz CT molecular complexity index is 1290. The van der Waals surface area contributed by atoms with Crippen LogP contribution in [0, 0.1) is 6.92 Å². The molecule has 10 heteroatoms. The van der Waals surface area contributed by atoms with E-state index >= 15 is 0 Å². The van der Waals surface area contributed by atoms with Gasteiger partial charge in [-0.2, -0.15) is 0 Å². The van der Waals surface area contributed by atoms with Gasteiger partial charge in [0.2, 0.25) is 11.8 Å². The number of carbonyl (C=O) groups is 2. The van der Waals surface area contributed by atoms with E-state index in [0.717, 1.165) is 33.8 Å². The number of fused-ring (bicyclic) bond motifs is 3. The summed E-state index contributed by atoms with van der Waals surface area (Å²) >= 11 is 3.54. The highest BCUT2D eigenvalue weighted by atomic mass is 79.9. The number of hydrogen-bond acceptors (Lipinski definition) is 5. The topological polar surface area (TPSA) is 126 Å². The van der Waals surface area contributed by atoms with Crippen LogP contribution in [0.15, 0.2) is 25.8 Å². The van der Waals surface area contributed by atoms with Crippen molar-refractivity contribution in [2.45, 2.75) is 50.7 Å². The number of pyridine rings is 1. The molecule has 0 radical (unpaired) electrons. The zero-order chi connectivity index (χ0) is 21.2. The molecule has 5 rings (SSSR count). The van der Waals surface area contributed by atoms with E-state index in [1.54, 1.807) is 4.57 Å². The third-order valence-corrected chi connectivity index (χ3v) is 6.65. The van der Waals surface area contributed by atoms with Crippen molar-refractivity contribution >= 4 is 49.9 Å². The maximum Gasteiger partial charge on any atom is 0.405 e. The second-order valence-electron chi connectivity index (χ2n) is 7.96. The lowest BCUT2D eigenvalue weighted by Crippen LogP contribution is -2.48. The Balaban J connectivity index is 1.53. The standard InChI is InChI=1S/C20H19BrN4O5/c1-9-12(21)5-4-11-15(9)25(10-2-3-10)17(26)14-16(11)30-13(23-14)8-22-18(27)20(6-7-20)24-19(28)29/h4-5,10,24H,2-3,6-8H2,1H3,(H,22,27)(H,28,29). The molecular weight excluding hydrogens is 456 g/mol. The van der Waals surface area contributed by atoms with Gasteiger partial charge in [-0.1, -0.05) is 15.9 Å². The van der Waals surface area contributed by atoms with E-state index in [2.05, 4.69) is 31.5 Å². The van der Waals surface area contributed by atoms with Gasteiger partial charge in [0, 0.05) is 15.9 Å². The minimum atomic E-state index is -1.24. The normalized spacial score (nSPS) is 17.3. The monoisotopic (exact) mass is 474 g/mol. The van der Waals surface area contributed by atoms with Crippen LogP contribution in [0.1, 0.15) is 43.2 Å². The summed E-state index contributed by atoms with van der Waals surface area (Å²) in [5.41, 5.74) is 1.15. The molecule has 156 valence electrons. The van der Waals surface area contributed by atoms with Crippen molar-refractivity contribution < 1.29 is 19.1 Å². The first-order valence-electron chi connectivity index (χ1n) is 9.73. The molecule has 1 aromatic carbocycles. The highest BCUT2D eigenvalue weighted by molar-refractivity contribution is 9.10. The van der Waals surface area contributed by atoms with Crippen molar-refractivity contribution in [2.75, 3.05) is 0 Å². The second kappa shape index (κ2) is 6.56. The van der Waals surface area contributed by atoms with E-state index < -0.39 is 17.5 Å². The van der Waals surface area contributed by atoms with E-state index in [1.165, 1.54) is 0 Å². The van der Waals surface area contributed by atoms with Crippen molar-refractivity contribution in [3.63, 3.8) is 0 Å². The van der Waals surface area contributed by atoms with Crippen LogP contribution < -0.4 is 16.2 Å². The van der Waals surface area contributed by atoms with Crippen molar-refractivity contribution in [3.8, 4) is 0 Å². The van der Waals surface area contributed by atoms with Crippen molar-refractivity contribution in [1.82, 2.24) is 20.2 Å². The Morgan fingerprint density at radius 2 is 2.10 bits per heavy atom. The molecule has 2 fully saturated rings. The zero-order valence-corrected chi connectivity index (χ0v) is 17.7. The largest absolute Gasteiger partial charge is 0.465 e. The molecule has 9 nitrogen and oxygen atoms in total. The van der Waals surface area contributed by atoms with Crippen LogP contribution in [0.4, 0.5) is 4.79 Å². The number of nitrogens with zero attached hydrogens (tertiary/aromatic N) is 2. The predicted molar refractivity (Wildman–Crippen MR) is 111 cm³/mol. The summed E-state index contributed by atoms with van der Waals surface area (Å²) in [6.45, 7) is 1.93. The number of halogens is 1. The molecule has 0 aliphatic heterocycles. The first kappa shape index (κ1) is 19.1. The molecule has 30 heavy (non-hydrogen) atoms. The summed E-state index contributed by atoms with van der Waals surface area (Å²) in [5, 5.41) is 14.6. The molecule has 2 saturated carbocycles. The molecule has 0 bridgehead atoms. The smallest absolute Gasteiger partial charge is 0.405 e. The molecule has 2 aliphatic carbocycles. The third-order valence-electron chi connectivity index (χ3n) is 5.79. The highest BCUT2D eigenvalue weighted by Crippen LogP contribution is 2.39. The highest BCUT2D eigenvalue weighted by Gasteiger charge is 2.51. The minimum Gasteiger partial charge on any atom is -0.465 e. The molecule has 2 aromatic heterocycles. The quantitative estimate of drug-likeness (QED) is 0.521. The maximum atomic E-state index is 13.2. The zero-order valence-electron chi connectivity index (χ0n) is 16.1. The Labute approximate surface area is 178 Å². The third kappa shape index (κ3) is 2.97. The lowest BCUT2D eigenvalue weighted by Gasteiger charge is -2.13. The lowest BCUT2D eigenvalue weighted by atomic mass is 10.1. The molecule has 0 spiro atoms. The van der Waals surface area contributed by atoms with Gasteiger partial charge in [0.15, 0.2) is 11.1 Å². The van der Waals surface area contributed by atoms with Gasteiger partial charge in [0.25, 0.3) is 5.56 Å². The van der Waals surface area contributed by atoms with Gasteiger partial charge in [0.1, 0.15) is 5.54 Å². The molecule has 3 N–H and O–H groups in total. The predicted octanol–water partition coefficient (Wildman–Crippen LogP) is 2.96. The van der Waals surface area contributed by atoms with Crippen LogP contribution in [0.3, 0.4) is 0 Å². The number of amides is 2. The van der Waals surface area contributed by atoms with Gasteiger partial charge < -0.3 is 24.7 Å². The van der Waals surface area contributed by atoms with Crippen LogP contribution >= 0.6 is 15.9 Å². The number of benzene rings is 1. The summed E-state index contributed by atoms with van der Waals surface area (Å²) in [6, 6.07) is 3.97. The molecule has 0 saturated heterocycles. The molecular formula is C20H19BrN4O5. The van der Waals surface area contributed by atoms with Crippen molar-refractivity contribution in [1.29, 1.82) is 0 Å². The fraction of sp³-hybridized carbons (Fsp3) is 0.400. The average Bonchev–Trinajstić information content (AvgIpc) is 3.62. The van der Waals surface area contributed by atoms with E-state index in [4.69, 9.17) is 9.52 Å². The summed E-state index contributed by atoms with van der Waals surface area (Å²) in [6.07, 6.45) is 1.56. The number of oxazole rings is 1. The number of carbonyl (C=O) groups excluding carboxylic acids is 1. The van der Waals surface area contributed by atoms with E-state index in [1.807, 2.05) is 19.1 Å². The van der Waals surface area contributed by atoms with Crippen LogP contribution in [-0.2, 0) is 11.3 Å². The molecule has 2 amide bonds. The van der Waals surface area contributed by atoms with Crippen LogP contribution in [-0.4, -0.2) is 32.2 Å². The van der Waals surface area contributed by atoms with E-state index in [-0.39, 0.29) is 29.6 Å². The molecule has 3 aromatic rings. The van der Waals surface area contributed by atoms with Crippen molar-refractivity contribution in [3.05, 3.63) is 38.4 Å². The maximum absolute atomic E-state index is 13.2. The number of aryl methyl sites for hydroxylation is 1. The number of nitrogens with one attached hydrogen (secondary N) is 2. The second-order valence-corrected chi connectivity index (χ2v) is 8.81. The minimum absolute atomic E-state index is 0.0313. The van der Waals surface area contributed by atoms with E-state index in [9.17, 15) is 14.4 Å². The van der Waals surface area contributed by atoms with Crippen LogP contribution in [0.25, 0.3) is 22.0 Å². The summed E-state index contributed by atoms with van der Waals surface area (Å²) in [7, 11) is 0. The van der Waals surface area contributed by atoms with Gasteiger partial charge in [-0.15, -0.1) is 0 Å². The van der Waals surface area contributed by atoms with Gasteiger partial charge in [-0.3, -0.25) is 9.59 Å². The number of aromatic nitrogens is 2. The average molecular weight is 475 g/mol. The Morgan fingerprint density at radius 1 is 1.37 bits per heavy atom. The summed E-state index contributed by atoms with van der Waals surface area (Å²) < 4.78 is 8.60. The Hall–Kier alpha value is -2.88. The van der Waals surface area contributed by atoms with Gasteiger partial charge >= 0.3 is 6.09 Å². The fourth-order valence-corrected chi connectivity index (χ4v) is 4.22. The molecule has 2 aliphatic rings. The molecule has 0 unspecified atom stereocenters. The van der Waals surface area contributed by atoms with E-state index in [0.29, 0.717) is 18.4 Å². The number of rotatable bonds is 5. The van der Waals surface area contributed by atoms with Crippen LogP contribution in [0.2, 0.25) is 0 Å². The van der Waals surface area contributed by atoms with Crippen molar-refractivity contribution in [2.24, 2.45) is 0 Å². The Morgan fingerprint density at radius 3 is 2.73 bits per heavy atom. The first-order chi connectivity index (χ1) is 14.3.